The number of nitrogens with one attached hydrogen (secondary N) is 1. The van der Waals surface area contributed by atoms with E-state index in [1.807, 2.05) is 24.4 Å². The van der Waals surface area contributed by atoms with Gasteiger partial charge in [-0.3, -0.25) is 14.9 Å². The average molecular weight is 403 g/mol. The molecule has 0 atom stereocenters. The lowest BCUT2D eigenvalue weighted by molar-refractivity contribution is 0.286. The van der Waals surface area contributed by atoms with E-state index in [2.05, 4.69) is 27.1 Å². The van der Waals surface area contributed by atoms with Gasteiger partial charge in [-0.25, -0.2) is 0 Å². The van der Waals surface area contributed by atoms with Gasteiger partial charge in [0.05, 0.1) is 6.54 Å². The number of pyridine rings is 1. The number of hydrogen-bond acceptors (Lipinski definition) is 3. The largest absolute Gasteiger partial charge is 0.370 e. The van der Waals surface area contributed by atoms with E-state index in [0.717, 1.165) is 44.3 Å². The predicted octanol–water partition coefficient (Wildman–Crippen LogP) is 1.63. The molecule has 118 valence electrons. The van der Waals surface area contributed by atoms with Crippen LogP contribution >= 0.6 is 24.0 Å². The Labute approximate surface area is 144 Å². The zero-order valence-corrected chi connectivity index (χ0v) is 15.0. The molecular weight excluding hydrogens is 377 g/mol. The summed E-state index contributed by atoms with van der Waals surface area (Å²) in [5.74, 6) is 0.535. The van der Waals surface area contributed by atoms with Crippen molar-refractivity contribution < 1.29 is 0 Å². The normalized spacial score (nSPS) is 14.9. The number of likely N-dealkylation sites (N-methyl/N-ethyl adjacent to an activating group) is 1. The maximum atomic E-state index is 5.86. The molecule has 1 aromatic heterocycles. The Morgan fingerprint density at radius 2 is 2.29 bits per heavy atom. The number of aromatic nitrogens is 1. The number of guanidine groups is 1. The molecule has 0 spiro atoms. The third-order valence-electron chi connectivity index (χ3n) is 3.55. The molecule has 1 aromatic rings. The van der Waals surface area contributed by atoms with Gasteiger partial charge in [-0.05, 0) is 31.5 Å². The van der Waals surface area contributed by atoms with Gasteiger partial charge in [-0.2, -0.15) is 0 Å². The van der Waals surface area contributed by atoms with Crippen molar-refractivity contribution in [1.82, 2.24) is 15.2 Å². The van der Waals surface area contributed by atoms with E-state index < -0.39 is 0 Å². The van der Waals surface area contributed by atoms with Gasteiger partial charge in [0.1, 0.15) is 0 Å². The number of rotatable bonds is 8. The van der Waals surface area contributed by atoms with Crippen LogP contribution in [-0.2, 0) is 6.42 Å². The van der Waals surface area contributed by atoms with Crippen molar-refractivity contribution in [1.29, 1.82) is 0 Å². The van der Waals surface area contributed by atoms with Gasteiger partial charge < -0.3 is 11.1 Å². The molecular formula is C15H26IN5. The van der Waals surface area contributed by atoms with Crippen molar-refractivity contribution >= 4 is 29.9 Å². The SMILES string of the molecule is CCN(CCN=C(N)NCCc1ccccn1)C1CC1.I. The fraction of sp³-hybridized carbons (Fsp3) is 0.600. The zero-order chi connectivity index (χ0) is 14.2. The van der Waals surface area contributed by atoms with Gasteiger partial charge in [0.25, 0.3) is 0 Å². The van der Waals surface area contributed by atoms with Crippen LogP contribution in [0.4, 0.5) is 0 Å². The molecule has 0 aromatic carbocycles. The van der Waals surface area contributed by atoms with Crippen LogP contribution in [0.5, 0.6) is 0 Å². The lowest BCUT2D eigenvalue weighted by Gasteiger charge is -2.18. The lowest BCUT2D eigenvalue weighted by atomic mass is 10.3. The Morgan fingerprint density at radius 3 is 2.90 bits per heavy atom. The van der Waals surface area contributed by atoms with Gasteiger partial charge in [-0.15, -0.1) is 24.0 Å². The predicted molar refractivity (Wildman–Crippen MR) is 98.1 cm³/mol. The zero-order valence-electron chi connectivity index (χ0n) is 12.7. The summed E-state index contributed by atoms with van der Waals surface area (Å²) in [6.45, 7) is 5.85. The van der Waals surface area contributed by atoms with E-state index in [1.54, 1.807) is 0 Å². The van der Waals surface area contributed by atoms with E-state index >= 15 is 0 Å². The lowest BCUT2D eigenvalue weighted by Crippen LogP contribution is -2.35. The molecule has 0 radical (unpaired) electrons. The third kappa shape index (κ3) is 7.08. The highest BCUT2D eigenvalue weighted by Crippen LogP contribution is 2.25. The van der Waals surface area contributed by atoms with E-state index in [0.29, 0.717) is 5.96 Å². The highest BCUT2D eigenvalue weighted by atomic mass is 127. The first-order valence-corrected chi connectivity index (χ1v) is 7.47. The fourth-order valence-electron chi connectivity index (χ4n) is 2.26. The minimum Gasteiger partial charge on any atom is -0.370 e. The highest BCUT2D eigenvalue weighted by molar-refractivity contribution is 14.0. The first-order chi connectivity index (χ1) is 9.79. The van der Waals surface area contributed by atoms with Crippen LogP contribution < -0.4 is 11.1 Å². The molecule has 1 fully saturated rings. The Hall–Kier alpha value is -0.890. The van der Waals surface area contributed by atoms with Crippen molar-refractivity contribution in [3.63, 3.8) is 0 Å². The van der Waals surface area contributed by atoms with Crippen molar-refractivity contribution in [3.8, 4) is 0 Å². The molecule has 0 amide bonds. The molecule has 1 heterocycles. The summed E-state index contributed by atoms with van der Waals surface area (Å²) in [5.41, 5.74) is 6.93. The molecule has 1 saturated carbocycles. The highest BCUT2D eigenvalue weighted by Gasteiger charge is 2.26. The maximum absolute atomic E-state index is 5.86. The molecule has 6 heteroatoms. The molecule has 0 aliphatic heterocycles. The van der Waals surface area contributed by atoms with Crippen molar-refractivity contribution in [2.24, 2.45) is 10.7 Å². The van der Waals surface area contributed by atoms with E-state index in [1.165, 1.54) is 12.8 Å². The van der Waals surface area contributed by atoms with Crippen LogP contribution in [-0.4, -0.2) is 48.1 Å². The van der Waals surface area contributed by atoms with Gasteiger partial charge in [0.2, 0.25) is 0 Å². The topological polar surface area (TPSA) is 66.5 Å². The minimum absolute atomic E-state index is 0. The Balaban J connectivity index is 0.00000220. The number of nitrogens with two attached hydrogens (primary N) is 1. The average Bonchev–Trinajstić information content (AvgIpc) is 3.29. The Kier molecular flexibility index (Phi) is 8.60. The molecule has 5 nitrogen and oxygen atoms in total. The standard InChI is InChI=1S/C15H25N5.HI/c1-2-20(14-6-7-14)12-11-19-15(16)18-10-8-13-5-3-4-9-17-13;/h3-5,9,14H,2,6-8,10-12H2,1H3,(H3,16,18,19);1H. The van der Waals surface area contributed by atoms with Crippen molar-refractivity contribution in [2.45, 2.75) is 32.2 Å². The Bertz CT molecular complexity index is 419. The van der Waals surface area contributed by atoms with Crippen LogP contribution in [0.3, 0.4) is 0 Å². The Morgan fingerprint density at radius 1 is 1.48 bits per heavy atom. The van der Waals surface area contributed by atoms with E-state index in [9.17, 15) is 0 Å². The maximum Gasteiger partial charge on any atom is 0.188 e. The van der Waals surface area contributed by atoms with Gasteiger partial charge >= 0.3 is 0 Å². The van der Waals surface area contributed by atoms with Crippen LogP contribution in [0.25, 0.3) is 0 Å². The quantitative estimate of drug-likeness (QED) is 0.394. The minimum atomic E-state index is 0. The molecule has 3 N–H and O–H groups in total. The summed E-state index contributed by atoms with van der Waals surface area (Å²) in [7, 11) is 0. The second-order valence-electron chi connectivity index (χ2n) is 5.12. The van der Waals surface area contributed by atoms with Gasteiger partial charge in [-0.1, -0.05) is 13.0 Å². The molecule has 1 aliphatic rings. The molecule has 1 aliphatic carbocycles. The van der Waals surface area contributed by atoms with E-state index in [4.69, 9.17) is 5.73 Å². The second-order valence-corrected chi connectivity index (χ2v) is 5.12. The van der Waals surface area contributed by atoms with E-state index in [-0.39, 0.29) is 24.0 Å². The summed E-state index contributed by atoms with van der Waals surface area (Å²) in [6, 6.07) is 6.74. The summed E-state index contributed by atoms with van der Waals surface area (Å²) in [4.78, 5) is 11.1. The molecule has 0 saturated heterocycles. The number of halogens is 1. The molecule has 0 bridgehead atoms. The summed E-state index contributed by atoms with van der Waals surface area (Å²) < 4.78 is 0. The van der Waals surface area contributed by atoms with Crippen LogP contribution in [0.15, 0.2) is 29.4 Å². The first-order valence-electron chi connectivity index (χ1n) is 7.47. The fourth-order valence-corrected chi connectivity index (χ4v) is 2.26. The number of aliphatic imine (C=N–C) groups is 1. The van der Waals surface area contributed by atoms with Crippen LogP contribution in [0.1, 0.15) is 25.5 Å². The molecule has 0 unspecified atom stereocenters. The molecule has 2 rings (SSSR count). The summed E-state index contributed by atoms with van der Waals surface area (Å²) >= 11 is 0. The number of hydrogen-bond donors (Lipinski definition) is 2. The van der Waals surface area contributed by atoms with Crippen molar-refractivity contribution in [2.75, 3.05) is 26.2 Å². The smallest absolute Gasteiger partial charge is 0.188 e. The third-order valence-corrected chi connectivity index (χ3v) is 3.55. The number of nitrogens with zero attached hydrogens (tertiary/aromatic N) is 3. The monoisotopic (exact) mass is 403 g/mol. The first kappa shape index (κ1) is 18.2. The van der Waals surface area contributed by atoms with Crippen molar-refractivity contribution in [3.05, 3.63) is 30.1 Å². The second kappa shape index (κ2) is 9.94. The summed E-state index contributed by atoms with van der Waals surface area (Å²) in [5, 5.41) is 3.14. The van der Waals surface area contributed by atoms with Gasteiger partial charge in [0, 0.05) is 37.4 Å². The molecule has 21 heavy (non-hydrogen) atoms. The van der Waals surface area contributed by atoms with Gasteiger partial charge in [0.15, 0.2) is 5.96 Å². The summed E-state index contributed by atoms with van der Waals surface area (Å²) in [6.07, 6.45) is 5.36. The van der Waals surface area contributed by atoms with Crippen LogP contribution in [0, 0.1) is 0 Å². The van der Waals surface area contributed by atoms with Crippen LogP contribution in [0.2, 0.25) is 0 Å².